The van der Waals surface area contributed by atoms with Gasteiger partial charge in [0.25, 0.3) is 0 Å². The van der Waals surface area contributed by atoms with E-state index in [9.17, 15) is 0 Å². The number of aryl methyl sites for hydroxylation is 2. The zero-order chi connectivity index (χ0) is 12.5. The molecular formula is C15H16BrNS. The molecule has 1 heterocycles. The molecular weight excluding hydrogens is 306 g/mol. The van der Waals surface area contributed by atoms with Crippen LogP contribution in [0.2, 0.25) is 0 Å². The minimum Gasteiger partial charge on any atom is -0.305 e. The van der Waals surface area contributed by atoms with Crippen LogP contribution < -0.4 is 5.32 Å². The molecule has 1 aliphatic rings. The van der Waals surface area contributed by atoms with Crippen LogP contribution in [-0.4, -0.2) is 0 Å². The number of benzene rings is 1. The highest BCUT2D eigenvalue weighted by atomic mass is 79.9. The highest BCUT2D eigenvalue weighted by molar-refractivity contribution is 9.10. The lowest BCUT2D eigenvalue weighted by atomic mass is 10.1. The lowest BCUT2D eigenvalue weighted by molar-refractivity contribution is 0.533. The summed E-state index contributed by atoms with van der Waals surface area (Å²) in [6.45, 7) is 3.14. The molecule has 18 heavy (non-hydrogen) atoms. The van der Waals surface area contributed by atoms with Gasteiger partial charge in [0.1, 0.15) is 0 Å². The molecule has 0 radical (unpaired) electrons. The van der Waals surface area contributed by atoms with E-state index in [0.717, 1.165) is 6.54 Å². The molecule has 1 aromatic heterocycles. The summed E-state index contributed by atoms with van der Waals surface area (Å²) in [6.07, 6.45) is 2.44. The third kappa shape index (κ3) is 2.53. The zero-order valence-corrected chi connectivity index (χ0v) is 12.8. The Kier molecular flexibility index (Phi) is 3.55. The van der Waals surface area contributed by atoms with Crippen LogP contribution in [0.5, 0.6) is 0 Å². The second kappa shape index (κ2) is 5.16. The average Bonchev–Trinajstić information content (AvgIpc) is 2.93. The number of hydrogen-bond donors (Lipinski definition) is 1. The van der Waals surface area contributed by atoms with E-state index in [1.165, 1.54) is 38.9 Å². The van der Waals surface area contributed by atoms with Crippen molar-refractivity contribution >= 4 is 27.3 Å². The predicted octanol–water partition coefficient (Wildman–Crippen LogP) is 4.60. The Morgan fingerprint density at radius 3 is 3.06 bits per heavy atom. The molecule has 0 amide bonds. The van der Waals surface area contributed by atoms with Gasteiger partial charge in [-0.2, -0.15) is 0 Å². The lowest BCUT2D eigenvalue weighted by Gasteiger charge is -2.13. The molecule has 0 saturated heterocycles. The maximum Gasteiger partial charge on any atom is 0.0329 e. The second-order valence-electron chi connectivity index (χ2n) is 4.91. The van der Waals surface area contributed by atoms with E-state index in [4.69, 9.17) is 0 Å². The minimum atomic E-state index is 0.528. The van der Waals surface area contributed by atoms with Crippen molar-refractivity contribution in [3.05, 3.63) is 55.7 Å². The van der Waals surface area contributed by atoms with Crippen LogP contribution in [0.25, 0.3) is 0 Å². The molecule has 1 atom stereocenters. The van der Waals surface area contributed by atoms with Gasteiger partial charge in [-0.25, -0.2) is 0 Å². The Balaban J connectivity index is 1.71. The largest absolute Gasteiger partial charge is 0.305 e. The molecule has 1 nitrogen and oxygen atoms in total. The number of thiophene rings is 1. The number of nitrogens with one attached hydrogen (secondary N) is 1. The van der Waals surface area contributed by atoms with E-state index in [1.807, 2.05) is 11.3 Å². The van der Waals surface area contributed by atoms with Crippen molar-refractivity contribution in [1.29, 1.82) is 0 Å². The normalized spacial score (nSPS) is 18.0. The first kappa shape index (κ1) is 12.4. The quantitative estimate of drug-likeness (QED) is 0.871. The van der Waals surface area contributed by atoms with Gasteiger partial charge in [0, 0.05) is 27.3 Å². The average molecular weight is 322 g/mol. The summed E-state index contributed by atoms with van der Waals surface area (Å²) in [4.78, 5) is 1.39. The van der Waals surface area contributed by atoms with Crippen molar-refractivity contribution in [3.63, 3.8) is 0 Å². The fraction of sp³-hybridized carbons (Fsp3) is 0.333. The first-order valence-electron chi connectivity index (χ1n) is 6.28. The lowest BCUT2D eigenvalue weighted by Crippen LogP contribution is -2.18. The predicted molar refractivity (Wildman–Crippen MR) is 81.1 cm³/mol. The van der Waals surface area contributed by atoms with E-state index in [-0.39, 0.29) is 0 Å². The Morgan fingerprint density at radius 2 is 2.28 bits per heavy atom. The molecule has 0 spiro atoms. The van der Waals surface area contributed by atoms with E-state index < -0.39 is 0 Å². The third-order valence-electron chi connectivity index (χ3n) is 3.52. The molecule has 3 rings (SSSR count). The summed E-state index contributed by atoms with van der Waals surface area (Å²) >= 11 is 5.31. The van der Waals surface area contributed by atoms with E-state index in [2.05, 4.69) is 57.8 Å². The smallest absolute Gasteiger partial charge is 0.0329 e. The first-order valence-corrected chi connectivity index (χ1v) is 7.95. The number of fused-ring (bicyclic) bond motifs is 1. The van der Waals surface area contributed by atoms with Crippen molar-refractivity contribution in [3.8, 4) is 0 Å². The highest BCUT2D eigenvalue weighted by Gasteiger charge is 2.21. The van der Waals surface area contributed by atoms with Crippen molar-refractivity contribution in [2.45, 2.75) is 32.4 Å². The molecule has 3 heteroatoms. The van der Waals surface area contributed by atoms with Crippen LogP contribution in [0.3, 0.4) is 0 Å². The summed E-state index contributed by atoms with van der Waals surface area (Å²) < 4.78 is 1.19. The molecule has 0 saturated carbocycles. The van der Waals surface area contributed by atoms with Crippen molar-refractivity contribution in [1.82, 2.24) is 5.32 Å². The van der Waals surface area contributed by atoms with Crippen molar-refractivity contribution < 1.29 is 0 Å². The van der Waals surface area contributed by atoms with Crippen LogP contribution in [0, 0.1) is 6.92 Å². The number of rotatable bonds is 3. The standard InChI is InChI=1S/C15H16BrNS/c1-10-2-3-11-4-5-15(14(11)6-10)17-8-13-7-12(16)9-18-13/h2-3,6-7,9,15,17H,4-5,8H2,1H3. The first-order chi connectivity index (χ1) is 8.72. The summed E-state index contributed by atoms with van der Waals surface area (Å²) in [5, 5.41) is 5.83. The molecule has 0 aliphatic heterocycles. The summed E-state index contributed by atoms with van der Waals surface area (Å²) in [7, 11) is 0. The summed E-state index contributed by atoms with van der Waals surface area (Å²) in [5.74, 6) is 0. The van der Waals surface area contributed by atoms with Crippen LogP contribution in [0.1, 0.15) is 34.0 Å². The molecule has 94 valence electrons. The fourth-order valence-corrected chi connectivity index (χ4v) is 4.01. The summed E-state index contributed by atoms with van der Waals surface area (Å²) in [5.41, 5.74) is 4.39. The zero-order valence-electron chi connectivity index (χ0n) is 10.4. The number of hydrogen-bond acceptors (Lipinski definition) is 2. The minimum absolute atomic E-state index is 0.528. The fourth-order valence-electron chi connectivity index (χ4n) is 2.60. The summed E-state index contributed by atoms with van der Waals surface area (Å²) in [6, 6.07) is 9.57. The van der Waals surface area contributed by atoms with Gasteiger partial charge < -0.3 is 5.32 Å². The van der Waals surface area contributed by atoms with Gasteiger partial charge in [-0.05, 0) is 52.9 Å². The van der Waals surface area contributed by atoms with E-state index in [0.29, 0.717) is 6.04 Å². The maximum atomic E-state index is 3.68. The molecule has 0 fully saturated rings. The van der Waals surface area contributed by atoms with Gasteiger partial charge in [0.15, 0.2) is 0 Å². The van der Waals surface area contributed by atoms with Crippen LogP contribution in [-0.2, 0) is 13.0 Å². The van der Waals surface area contributed by atoms with Crippen molar-refractivity contribution in [2.24, 2.45) is 0 Å². The molecule has 1 aromatic carbocycles. The van der Waals surface area contributed by atoms with Crippen LogP contribution in [0.15, 0.2) is 34.1 Å². The van der Waals surface area contributed by atoms with Crippen molar-refractivity contribution in [2.75, 3.05) is 0 Å². The second-order valence-corrected chi connectivity index (χ2v) is 6.82. The number of halogens is 1. The topological polar surface area (TPSA) is 12.0 Å². The Bertz CT molecular complexity index is 561. The van der Waals surface area contributed by atoms with Gasteiger partial charge in [-0.3, -0.25) is 0 Å². The maximum absolute atomic E-state index is 3.68. The van der Waals surface area contributed by atoms with Gasteiger partial charge >= 0.3 is 0 Å². The highest BCUT2D eigenvalue weighted by Crippen LogP contribution is 2.32. The molecule has 2 aromatic rings. The molecule has 1 unspecified atom stereocenters. The van der Waals surface area contributed by atoms with Crippen LogP contribution >= 0.6 is 27.3 Å². The third-order valence-corrected chi connectivity index (χ3v) is 5.22. The molecule has 1 aliphatic carbocycles. The van der Waals surface area contributed by atoms with E-state index in [1.54, 1.807) is 0 Å². The Hall–Kier alpha value is -0.640. The monoisotopic (exact) mass is 321 g/mol. The van der Waals surface area contributed by atoms with Gasteiger partial charge in [0.05, 0.1) is 0 Å². The van der Waals surface area contributed by atoms with E-state index >= 15 is 0 Å². The van der Waals surface area contributed by atoms with Crippen LogP contribution in [0.4, 0.5) is 0 Å². The SMILES string of the molecule is Cc1ccc2c(c1)C(NCc1cc(Br)cs1)CC2. The molecule has 1 N–H and O–H groups in total. The Labute approximate surface area is 120 Å². The molecule has 0 bridgehead atoms. The van der Waals surface area contributed by atoms with Gasteiger partial charge in [-0.15, -0.1) is 11.3 Å². The van der Waals surface area contributed by atoms with Gasteiger partial charge in [-0.1, -0.05) is 23.8 Å². The van der Waals surface area contributed by atoms with Gasteiger partial charge in [0.2, 0.25) is 0 Å². The Morgan fingerprint density at radius 1 is 1.39 bits per heavy atom.